The van der Waals surface area contributed by atoms with Gasteiger partial charge in [-0.05, 0) is 12.5 Å². The maximum Gasteiger partial charge on any atom is 0.278 e. The van der Waals surface area contributed by atoms with E-state index in [0.717, 1.165) is 0 Å². The number of benzene rings is 1. The molecule has 0 spiro atoms. The first-order valence-corrected chi connectivity index (χ1v) is 6.61. The maximum atomic E-state index is 10.8. The zero-order valence-corrected chi connectivity index (χ0v) is 11.3. The van der Waals surface area contributed by atoms with Crippen LogP contribution in [0.15, 0.2) is 24.3 Å². The molecule has 1 aromatic carbocycles. The summed E-state index contributed by atoms with van der Waals surface area (Å²) in [7, 11) is 0. The number of carbonyl (C=O) groups is 1. The Hall–Kier alpha value is -1.33. The summed E-state index contributed by atoms with van der Waals surface area (Å²) in [5, 5.41) is 11.2. The molecule has 4 nitrogen and oxygen atoms in total. The number of hydrogen-bond donors (Lipinski definition) is 0. The highest BCUT2D eigenvalue weighted by molar-refractivity contribution is 8.13. The van der Waals surface area contributed by atoms with E-state index in [4.69, 9.17) is 11.6 Å². The van der Waals surface area contributed by atoms with E-state index in [1.54, 1.807) is 24.3 Å². The molecule has 0 radical (unpaired) electrons. The van der Waals surface area contributed by atoms with Gasteiger partial charge in [0.25, 0.3) is 5.69 Å². The summed E-state index contributed by atoms with van der Waals surface area (Å²) in [5.41, 5.74) is 0.384. The van der Waals surface area contributed by atoms with Crippen LogP contribution in [0, 0.1) is 10.1 Å². The normalized spacial score (nSPS) is 10.8. The van der Waals surface area contributed by atoms with E-state index in [0.29, 0.717) is 22.8 Å². The van der Waals surface area contributed by atoms with E-state index >= 15 is 0 Å². The molecule has 0 amide bonds. The molecule has 0 aliphatic heterocycles. The van der Waals surface area contributed by atoms with Crippen LogP contribution in [0.5, 0.6) is 0 Å². The summed E-state index contributed by atoms with van der Waals surface area (Å²) < 4.78 is 0. The van der Waals surface area contributed by atoms with E-state index in [1.807, 2.05) is 0 Å². The second-order valence-corrected chi connectivity index (χ2v) is 5.14. The van der Waals surface area contributed by atoms with Gasteiger partial charge in [-0.3, -0.25) is 14.9 Å². The Morgan fingerprint density at radius 1 is 1.56 bits per heavy atom. The van der Waals surface area contributed by atoms with Crippen molar-refractivity contribution in [3.05, 3.63) is 45.0 Å². The van der Waals surface area contributed by atoms with Gasteiger partial charge in [0.15, 0.2) is 5.12 Å². The third-order valence-electron chi connectivity index (χ3n) is 2.10. The van der Waals surface area contributed by atoms with Crippen molar-refractivity contribution in [1.82, 2.24) is 0 Å². The van der Waals surface area contributed by atoms with E-state index in [2.05, 4.69) is 0 Å². The van der Waals surface area contributed by atoms with Gasteiger partial charge in [0.05, 0.1) is 15.5 Å². The van der Waals surface area contributed by atoms with E-state index in [9.17, 15) is 14.9 Å². The Morgan fingerprint density at radius 2 is 2.28 bits per heavy atom. The van der Waals surface area contributed by atoms with Crippen molar-refractivity contribution < 1.29 is 9.72 Å². The van der Waals surface area contributed by atoms with E-state index in [-0.39, 0.29) is 10.8 Å². The highest BCUT2D eigenvalue weighted by Gasteiger charge is 2.13. The first-order valence-electron chi connectivity index (χ1n) is 5.25. The highest BCUT2D eigenvalue weighted by atomic mass is 35.5. The standard InChI is InChI=1S/C12H12ClNO3S/c1-9(15)18-8-3-2-5-10-11(13)6-4-7-12(10)14(16)17/h2,4-7H,3,8H2,1H3. The number of nitro benzene ring substituents is 1. The molecule has 0 unspecified atom stereocenters. The third kappa shape index (κ3) is 4.50. The average molecular weight is 286 g/mol. The first-order chi connectivity index (χ1) is 8.52. The van der Waals surface area contributed by atoms with E-state index < -0.39 is 4.92 Å². The van der Waals surface area contributed by atoms with Crippen molar-refractivity contribution >= 4 is 40.2 Å². The van der Waals surface area contributed by atoms with Gasteiger partial charge in [0.1, 0.15) is 0 Å². The molecular formula is C12H12ClNO3S. The van der Waals surface area contributed by atoms with Crippen LogP contribution < -0.4 is 0 Å². The lowest BCUT2D eigenvalue weighted by atomic mass is 10.1. The average Bonchev–Trinajstić information content (AvgIpc) is 2.29. The molecule has 0 atom stereocenters. The Labute approximate surface area is 114 Å². The molecule has 1 rings (SSSR count). The fourth-order valence-corrected chi connectivity index (χ4v) is 2.10. The molecule has 0 N–H and O–H groups in total. The summed E-state index contributed by atoms with van der Waals surface area (Å²) in [6.45, 7) is 1.51. The van der Waals surface area contributed by atoms with Gasteiger partial charge in [-0.15, -0.1) is 0 Å². The SMILES string of the molecule is CC(=O)SCCC=Cc1c(Cl)cccc1[N+](=O)[O-]. The quantitative estimate of drug-likeness (QED) is 0.467. The Balaban J connectivity index is 2.74. The number of allylic oxidation sites excluding steroid dienone is 1. The van der Waals surface area contributed by atoms with Crippen molar-refractivity contribution in [3.8, 4) is 0 Å². The fraction of sp³-hybridized carbons (Fsp3) is 0.250. The molecule has 0 aliphatic carbocycles. The number of nitro groups is 1. The molecule has 1 aromatic rings. The Kier molecular flexibility index (Phi) is 5.88. The number of nitrogens with zero attached hydrogens (tertiary/aromatic N) is 1. The van der Waals surface area contributed by atoms with Crippen LogP contribution in [0.1, 0.15) is 18.9 Å². The second kappa shape index (κ2) is 7.18. The van der Waals surface area contributed by atoms with Gasteiger partial charge in [0, 0.05) is 18.7 Å². The lowest BCUT2D eigenvalue weighted by molar-refractivity contribution is -0.385. The van der Waals surface area contributed by atoms with Crippen LogP contribution in [0.4, 0.5) is 5.69 Å². The van der Waals surface area contributed by atoms with Crippen molar-refractivity contribution in [2.24, 2.45) is 0 Å². The minimum Gasteiger partial charge on any atom is -0.288 e. The molecule has 6 heteroatoms. The minimum atomic E-state index is -0.462. The molecule has 0 saturated carbocycles. The van der Waals surface area contributed by atoms with E-state index in [1.165, 1.54) is 24.8 Å². The predicted molar refractivity (Wildman–Crippen MR) is 74.9 cm³/mol. The topological polar surface area (TPSA) is 60.2 Å². The van der Waals surface area contributed by atoms with Gasteiger partial charge in [-0.25, -0.2) is 0 Å². The zero-order valence-electron chi connectivity index (χ0n) is 9.76. The molecule has 96 valence electrons. The summed E-state index contributed by atoms with van der Waals surface area (Å²) in [4.78, 5) is 21.1. The zero-order chi connectivity index (χ0) is 13.5. The number of carbonyl (C=O) groups excluding carboxylic acids is 1. The van der Waals surface area contributed by atoms with Gasteiger partial charge in [-0.1, -0.05) is 41.6 Å². The highest BCUT2D eigenvalue weighted by Crippen LogP contribution is 2.27. The smallest absolute Gasteiger partial charge is 0.278 e. The molecule has 18 heavy (non-hydrogen) atoms. The van der Waals surface area contributed by atoms with Crippen LogP contribution in [-0.2, 0) is 4.79 Å². The van der Waals surface area contributed by atoms with Crippen molar-refractivity contribution in [2.45, 2.75) is 13.3 Å². The fourth-order valence-electron chi connectivity index (χ4n) is 1.32. The van der Waals surface area contributed by atoms with Crippen LogP contribution >= 0.6 is 23.4 Å². The Bertz CT molecular complexity index is 488. The lowest BCUT2D eigenvalue weighted by Crippen LogP contribution is -1.91. The summed E-state index contributed by atoms with van der Waals surface area (Å²) in [5.74, 6) is 0.657. The van der Waals surface area contributed by atoms with Crippen molar-refractivity contribution in [3.63, 3.8) is 0 Å². The van der Waals surface area contributed by atoms with Crippen LogP contribution in [0.2, 0.25) is 5.02 Å². The van der Waals surface area contributed by atoms with Crippen LogP contribution in [0.25, 0.3) is 6.08 Å². The number of hydrogen-bond acceptors (Lipinski definition) is 4. The Morgan fingerprint density at radius 3 is 2.89 bits per heavy atom. The number of thioether (sulfide) groups is 1. The van der Waals surface area contributed by atoms with Crippen LogP contribution in [0.3, 0.4) is 0 Å². The molecule has 0 aliphatic rings. The third-order valence-corrected chi connectivity index (χ3v) is 3.28. The number of halogens is 1. The summed E-state index contributed by atoms with van der Waals surface area (Å²) >= 11 is 7.15. The van der Waals surface area contributed by atoms with Crippen molar-refractivity contribution in [1.29, 1.82) is 0 Å². The minimum absolute atomic E-state index is 0.0158. The van der Waals surface area contributed by atoms with Gasteiger partial charge >= 0.3 is 0 Å². The maximum absolute atomic E-state index is 10.8. The predicted octanol–water partition coefficient (Wildman–Crippen LogP) is 3.93. The monoisotopic (exact) mass is 285 g/mol. The molecule has 0 fully saturated rings. The summed E-state index contributed by atoms with van der Waals surface area (Å²) in [6, 6.07) is 4.57. The molecule has 0 bridgehead atoms. The van der Waals surface area contributed by atoms with Gasteiger partial charge < -0.3 is 0 Å². The second-order valence-electron chi connectivity index (χ2n) is 3.46. The molecule has 0 aromatic heterocycles. The summed E-state index contributed by atoms with van der Waals surface area (Å²) in [6.07, 6.45) is 4.07. The first kappa shape index (κ1) is 14.7. The molecule has 0 saturated heterocycles. The van der Waals surface area contributed by atoms with Crippen LogP contribution in [-0.4, -0.2) is 15.8 Å². The largest absolute Gasteiger partial charge is 0.288 e. The lowest BCUT2D eigenvalue weighted by Gasteiger charge is -2.00. The van der Waals surface area contributed by atoms with Crippen molar-refractivity contribution in [2.75, 3.05) is 5.75 Å². The number of rotatable bonds is 5. The van der Waals surface area contributed by atoms with Gasteiger partial charge in [0.2, 0.25) is 0 Å². The molecule has 0 heterocycles. The molecular weight excluding hydrogens is 274 g/mol. The van der Waals surface area contributed by atoms with Gasteiger partial charge in [-0.2, -0.15) is 0 Å².